The van der Waals surface area contributed by atoms with Gasteiger partial charge in [0.15, 0.2) is 0 Å². The zero-order valence-electron chi connectivity index (χ0n) is 16.5. The van der Waals surface area contributed by atoms with Gasteiger partial charge in [0, 0.05) is 11.3 Å². The van der Waals surface area contributed by atoms with Crippen LogP contribution >= 0.6 is 0 Å². The van der Waals surface area contributed by atoms with E-state index in [1.165, 1.54) is 0 Å². The molecule has 0 fully saturated rings. The van der Waals surface area contributed by atoms with Gasteiger partial charge in [0.05, 0.1) is 18.1 Å². The molecule has 0 bridgehead atoms. The lowest BCUT2D eigenvalue weighted by atomic mass is 10.1. The predicted octanol–water partition coefficient (Wildman–Crippen LogP) is 4.11. The maximum atomic E-state index is 12.4. The van der Waals surface area contributed by atoms with Crippen LogP contribution in [0.15, 0.2) is 48.5 Å². The topological polar surface area (TPSA) is 99.3 Å². The fourth-order valence-electron chi connectivity index (χ4n) is 3.04. The van der Waals surface area contributed by atoms with Crippen molar-refractivity contribution in [3.63, 3.8) is 0 Å². The minimum absolute atomic E-state index is 0.0383. The Bertz CT molecular complexity index is 1020. The minimum atomic E-state index is -0.414. The van der Waals surface area contributed by atoms with E-state index in [0.717, 1.165) is 11.3 Å². The number of hydrogen-bond acceptors (Lipinski definition) is 5. The molecule has 0 atom stereocenters. The second kappa shape index (κ2) is 8.55. The van der Waals surface area contributed by atoms with Crippen LogP contribution in [-0.2, 0) is 6.54 Å². The summed E-state index contributed by atoms with van der Waals surface area (Å²) in [5.74, 6) is 0.529. The number of aryl methyl sites for hydroxylation is 1. The molecule has 2 aromatic carbocycles. The van der Waals surface area contributed by atoms with Crippen molar-refractivity contribution in [3.05, 3.63) is 81.2 Å². The molecule has 0 saturated heterocycles. The SMILES string of the molecule is CCOc1ccc(NC(=O)c2ccc(Cn3nc(C)c([N+](=O)[O-])c3C)cc2)cc1. The van der Waals surface area contributed by atoms with Crippen LogP contribution in [0.2, 0.25) is 0 Å². The van der Waals surface area contributed by atoms with Gasteiger partial charge in [-0.05, 0) is 62.7 Å². The molecule has 1 heterocycles. The highest BCUT2D eigenvalue weighted by atomic mass is 16.6. The third kappa shape index (κ3) is 4.60. The van der Waals surface area contributed by atoms with Gasteiger partial charge in [-0.15, -0.1) is 0 Å². The third-order valence-corrected chi connectivity index (χ3v) is 4.50. The van der Waals surface area contributed by atoms with Crippen LogP contribution in [-0.4, -0.2) is 27.2 Å². The first kappa shape index (κ1) is 20.1. The number of nitro groups is 1. The van der Waals surface area contributed by atoms with Crippen LogP contribution in [0.5, 0.6) is 5.75 Å². The highest BCUT2D eigenvalue weighted by Gasteiger charge is 2.21. The van der Waals surface area contributed by atoms with Gasteiger partial charge in [-0.3, -0.25) is 19.6 Å². The van der Waals surface area contributed by atoms with Gasteiger partial charge in [-0.25, -0.2) is 0 Å². The average molecular weight is 394 g/mol. The quantitative estimate of drug-likeness (QED) is 0.480. The zero-order valence-corrected chi connectivity index (χ0v) is 16.5. The van der Waals surface area contributed by atoms with Crippen LogP contribution < -0.4 is 10.1 Å². The monoisotopic (exact) mass is 394 g/mol. The Balaban J connectivity index is 1.67. The van der Waals surface area contributed by atoms with Crippen molar-refractivity contribution >= 4 is 17.3 Å². The Morgan fingerprint density at radius 2 is 1.79 bits per heavy atom. The number of aromatic nitrogens is 2. The van der Waals surface area contributed by atoms with Crippen molar-refractivity contribution in [1.29, 1.82) is 0 Å². The summed E-state index contributed by atoms with van der Waals surface area (Å²) in [5, 5.41) is 18.2. The standard InChI is InChI=1S/C21H22N4O4/c1-4-29-19-11-9-18(10-12-19)22-21(26)17-7-5-16(6-8-17)13-24-15(3)20(25(27)28)14(2)23-24/h5-12H,4,13H2,1-3H3,(H,22,26). The lowest BCUT2D eigenvalue weighted by molar-refractivity contribution is -0.386. The van der Waals surface area contributed by atoms with E-state index in [9.17, 15) is 14.9 Å². The molecule has 1 N–H and O–H groups in total. The number of rotatable bonds is 7. The van der Waals surface area contributed by atoms with Crippen LogP contribution in [0.25, 0.3) is 0 Å². The fourth-order valence-corrected chi connectivity index (χ4v) is 3.04. The summed E-state index contributed by atoms with van der Waals surface area (Å²) < 4.78 is 6.99. The molecule has 3 rings (SSSR count). The van der Waals surface area contributed by atoms with E-state index >= 15 is 0 Å². The predicted molar refractivity (Wildman–Crippen MR) is 109 cm³/mol. The first-order valence-corrected chi connectivity index (χ1v) is 9.20. The van der Waals surface area contributed by atoms with E-state index in [1.54, 1.807) is 54.9 Å². The highest BCUT2D eigenvalue weighted by Crippen LogP contribution is 2.23. The molecule has 3 aromatic rings. The fraction of sp³-hybridized carbons (Fsp3) is 0.238. The van der Waals surface area contributed by atoms with Gasteiger partial charge >= 0.3 is 5.69 Å². The summed E-state index contributed by atoms with van der Waals surface area (Å²) in [4.78, 5) is 23.2. The summed E-state index contributed by atoms with van der Waals surface area (Å²) in [6.07, 6.45) is 0. The maximum Gasteiger partial charge on any atom is 0.312 e. The second-order valence-electron chi connectivity index (χ2n) is 6.54. The molecule has 1 amide bonds. The van der Waals surface area contributed by atoms with Crippen molar-refractivity contribution in [2.24, 2.45) is 0 Å². The van der Waals surface area contributed by atoms with Crippen molar-refractivity contribution in [1.82, 2.24) is 9.78 Å². The Labute approximate surface area is 168 Å². The number of nitrogens with zero attached hydrogens (tertiary/aromatic N) is 3. The summed E-state index contributed by atoms with van der Waals surface area (Å²) in [7, 11) is 0. The third-order valence-electron chi connectivity index (χ3n) is 4.50. The molecule has 29 heavy (non-hydrogen) atoms. The molecule has 0 aliphatic rings. The molecule has 0 aliphatic carbocycles. The lowest BCUT2D eigenvalue weighted by Crippen LogP contribution is -2.12. The van der Waals surface area contributed by atoms with Crippen molar-refractivity contribution in [2.75, 3.05) is 11.9 Å². The van der Waals surface area contributed by atoms with E-state index in [4.69, 9.17) is 4.74 Å². The van der Waals surface area contributed by atoms with E-state index in [0.29, 0.717) is 35.8 Å². The molecule has 0 unspecified atom stereocenters. The number of hydrogen-bond donors (Lipinski definition) is 1. The van der Waals surface area contributed by atoms with E-state index in [-0.39, 0.29) is 11.6 Å². The van der Waals surface area contributed by atoms with Crippen LogP contribution in [0.3, 0.4) is 0 Å². The van der Waals surface area contributed by atoms with Crippen LogP contribution in [0.4, 0.5) is 11.4 Å². The molecular weight excluding hydrogens is 372 g/mol. The molecule has 0 radical (unpaired) electrons. The number of carbonyl (C=O) groups is 1. The summed E-state index contributed by atoms with van der Waals surface area (Å²) >= 11 is 0. The summed E-state index contributed by atoms with van der Waals surface area (Å²) in [6, 6.07) is 14.2. The molecule has 0 spiro atoms. The Hall–Kier alpha value is -3.68. The minimum Gasteiger partial charge on any atom is -0.494 e. The van der Waals surface area contributed by atoms with Gasteiger partial charge in [0.25, 0.3) is 5.91 Å². The van der Waals surface area contributed by atoms with Crippen molar-refractivity contribution in [3.8, 4) is 5.75 Å². The van der Waals surface area contributed by atoms with Crippen LogP contribution in [0, 0.1) is 24.0 Å². The molecular formula is C21H22N4O4. The zero-order chi connectivity index (χ0) is 21.0. The summed E-state index contributed by atoms with van der Waals surface area (Å²) in [6.45, 7) is 6.19. The van der Waals surface area contributed by atoms with Gasteiger partial charge < -0.3 is 10.1 Å². The average Bonchev–Trinajstić information content (AvgIpc) is 2.97. The molecule has 150 valence electrons. The normalized spacial score (nSPS) is 10.6. The van der Waals surface area contributed by atoms with Gasteiger partial charge in [0.2, 0.25) is 0 Å². The molecule has 8 nitrogen and oxygen atoms in total. The van der Waals surface area contributed by atoms with E-state index in [2.05, 4.69) is 10.4 Å². The second-order valence-corrected chi connectivity index (χ2v) is 6.54. The number of nitrogens with one attached hydrogen (secondary N) is 1. The first-order valence-electron chi connectivity index (χ1n) is 9.20. The largest absolute Gasteiger partial charge is 0.494 e. The molecule has 1 aromatic heterocycles. The van der Waals surface area contributed by atoms with E-state index < -0.39 is 4.92 Å². The first-order chi connectivity index (χ1) is 13.9. The van der Waals surface area contributed by atoms with Gasteiger partial charge in [-0.1, -0.05) is 12.1 Å². The Morgan fingerprint density at radius 3 is 2.34 bits per heavy atom. The van der Waals surface area contributed by atoms with Crippen molar-refractivity contribution in [2.45, 2.75) is 27.3 Å². The molecule has 0 aliphatic heterocycles. The van der Waals surface area contributed by atoms with Crippen molar-refractivity contribution < 1.29 is 14.5 Å². The van der Waals surface area contributed by atoms with E-state index in [1.807, 2.05) is 19.1 Å². The Kier molecular flexibility index (Phi) is 5.92. The number of anilines is 1. The maximum absolute atomic E-state index is 12.4. The van der Waals surface area contributed by atoms with Crippen LogP contribution in [0.1, 0.15) is 34.2 Å². The lowest BCUT2D eigenvalue weighted by Gasteiger charge is -2.08. The number of ether oxygens (including phenoxy) is 1. The smallest absolute Gasteiger partial charge is 0.312 e. The number of amides is 1. The molecule has 0 saturated carbocycles. The highest BCUT2D eigenvalue weighted by molar-refractivity contribution is 6.04. The number of carbonyl (C=O) groups excluding carboxylic acids is 1. The molecule has 8 heteroatoms. The Morgan fingerprint density at radius 1 is 1.14 bits per heavy atom. The number of benzene rings is 2. The van der Waals surface area contributed by atoms with Gasteiger partial charge in [0.1, 0.15) is 17.1 Å². The van der Waals surface area contributed by atoms with Gasteiger partial charge in [-0.2, -0.15) is 5.10 Å². The summed E-state index contributed by atoms with van der Waals surface area (Å²) in [5.41, 5.74) is 3.02.